The summed E-state index contributed by atoms with van der Waals surface area (Å²) in [5.74, 6) is 0.683. The number of carbonyl (C=O) groups excluding carboxylic acids is 2. The van der Waals surface area contributed by atoms with Gasteiger partial charge in [0.15, 0.2) is 0 Å². The van der Waals surface area contributed by atoms with E-state index < -0.39 is 6.04 Å². The molecule has 6 nitrogen and oxygen atoms in total. The zero-order chi connectivity index (χ0) is 16.8. The molecule has 1 aliphatic rings. The van der Waals surface area contributed by atoms with Gasteiger partial charge in [0, 0.05) is 26.2 Å². The van der Waals surface area contributed by atoms with Gasteiger partial charge in [0.2, 0.25) is 11.8 Å². The Morgan fingerprint density at radius 2 is 2.26 bits per heavy atom. The lowest BCUT2D eigenvalue weighted by Crippen LogP contribution is -2.56. The van der Waals surface area contributed by atoms with Gasteiger partial charge in [-0.15, -0.1) is 0 Å². The van der Waals surface area contributed by atoms with Crippen LogP contribution in [-0.2, 0) is 16.1 Å². The van der Waals surface area contributed by atoms with Crippen LogP contribution in [0.3, 0.4) is 0 Å². The quantitative estimate of drug-likeness (QED) is 0.815. The van der Waals surface area contributed by atoms with Crippen molar-refractivity contribution in [2.24, 2.45) is 0 Å². The molecule has 2 N–H and O–H groups in total. The predicted molar refractivity (Wildman–Crippen MR) is 88.2 cm³/mol. The molecule has 0 radical (unpaired) electrons. The lowest BCUT2D eigenvalue weighted by atomic mass is 10.1. The molecule has 23 heavy (non-hydrogen) atoms. The molecule has 1 atom stereocenters. The van der Waals surface area contributed by atoms with E-state index in [1.165, 1.54) is 0 Å². The summed E-state index contributed by atoms with van der Waals surface area (Å²) >= 11 is 0. The summed E-state index contributed by atoms with van der Waals surface area (Å²) in [4.78, 5) is 26.1. The highest BCUT2D eigenvalue weighted by Gasteiger charge is 2.31. The van der Waals surface area contributed by atoms with Crippen LogP contribution < -0.4 is 15.4 Å². The van der Waals surface area contributed by atoms with Crippen molar-refractivity contribution >= 4 is 11.8 Å². The largest absolute Gasteiger partial charge is 0.496 e. The van der Waals surface area contributed by atoms with Crippen LogP contribution in [0.4, 0.5) is 0 Å². The number of hydrogen-bond acceptors (Lipinski definition) is 4. The maximum atomic E-state index is 12.1. The number of rotatable bonds is 6. The van der Waals surface area contributed by atoms with Crippen molar-refractivity contribution in [1.82, 2.24) is 15.5 Å². The SMILES string of the molecule is CCNC(=O)CC1C(=O)NCCN1Cc1ccc(OC)c(C)c1. The molecule has 1 aromatic carbocycles. The molecule has 2 rings (SSSR count). The molecule has 0 bridgehead atoms. The molecule has 1 aliphatic heterocycles. The number of aryl methyl sites for hydroxylation is 1. The van der Waals surface area contributed by atoms with Gasteiger partial charge in [-0.05, 0) is 31.0 Å². The smallest absolute Gasteiger partial charge is 0.237 e. The fourth-order valence-corrected chi connectivity index (χ4v) is 2.89. The Labute approximate surface area is 137 Å². The van der Waals surface area contributed by atoms with Gasteiger partial charge >= 0.3 is 0 Å². The van der Waals surface area contributed by atoms with Gasteiger partial charge in [-0.25, -0.2) is 0 Å². The van der Waals surface area contributed by atoms with E-state index in [1.54, 1.807) is 7.11 Å². The Bertz CT molecular complexity index is 574. The lowest BCUT2D eigenvalue weighted by molar-refractivity contribution is -0.134. The maximum absolute atomic E-state index is 12.1. The minimum Gasteiger partial charge on any atom is -0.496 e. The van der Waals surface area contributed by atoms with Gasteiger partial charge in [-0.1, -0.05) is 12.1 Å². The highest BCUT2D eigenvalue weighted by atomic mass is 16.5. The first-order chi connectivity index (χ1) is 11.0. The Kier molecular flexibility index (Phi) is 5.98. The Balaban J connectivity index is 2.10. The first kappa shape index (κ1) is 17.3. The van der Waals surface area contributed by atoms with Gasteiger partial charge < -0.3 is 15.4 Å². The van der Waals surface area contributed by atoms with E-state index in [2.05, 4.69) is 21.6 Å². The van der Waals surface area contributed by atoms with Crippen molar-refractivity contribution in [2.45, 2.75) is 32.9 Å². The molecule has 2 amide bonds. The number of amides is 2. The second-order valence-corrected chi connectivity index (χ2v) is 5.74. The van der Waals surface area contributed by atoms with Gasteiger partial charge in [0.25, 0.3) is 0 Å². The molecule has 0 aromatic heterocycles. The van der Waals surface area contributed by atoms with Gasteiger partial charge in [0.05, 0.1) is 19.6 Å². The fraction of sp³-hybridized carbons (Fsp3) is 0.529. The zero-order valence-corrected chi connectivity index (χ0v) is 14.0. The molecular weight excluding hydrogens is 294 g/mol. The summed E-state index contributed by atoms with van der Waals surface area (Å²) < 4.78 is 5.28. The van der Waals surface area contributed by atoms with E-state index in [4.69, 9.17) is 4.74 Å². The average molecular weight is 319 g/mol. The third-order valence-corrected chi connectivity index (χ3v) is 4.04. The molecule has 1 aromatic rings. The highest BCUT2D eigenvalue weighted by Crippen LogP contribution is 2.21. The zero-order valence-electron chi connectivity index (χ0n) is 14.0. The first-order valence-corrected chi connectivity index (χ1v) is 7.97. The topological polar surface area (TPSA) is 70.7 Å². The molecule has 1 saturated heterocycles. The van der Waals surface area contributed by atoms with Crippen molar-refractivity contribution in [1.29, 1.82) is 0 Å². The van der Waals surface area contributed by atoms with Gasteiger partial charge in [-0.3, -0.25) is 14.5 Å². The van der Waals surface area contributed by atoms with Crippen molar-refractivity contribution < 1.29 is 14.3 Å². The molecule has 1 fully saturated rings. The number of methoxy groups -OCH3 is 1. The molecule has 6 heteroatoms. The predicted octanol–water partition coefficient (Wildman–Crippen LogP) is 0.830. The van der Waals surface area contributed by atoms with Crippen LogP contribution in [-0.4, -0.2) is 49.5 Å². The molecule has 0 saturated carbocycles. The summed E-state index contributed by atoms with van der Waals surface area (Å²) in [6.45, 7) is 6.43. The van der Waals surface area contributed by atoms with Crippen LogP contribution in [0.2, 0.25) is 0 Å². The lowest BCUT2D eigenvalue weighted by Gasteiger charge is -2.34. The van der Waals surface area contributed by atoms with E-state index in [9.17, 15) is 9.59 Å². The number of ether oxygens (including phenoxy) is 1. The second kappa shape index (κ2) is 7.97. The van der Waals surface area contributed by atoms with E-state index in [0.29, 0.717) is 19.6 Å². The normalized spacial score (nSPS) is 18.4. The van der Waals surface area contributed by atoms with Gasteiger partial charge in [-0.2, -0.15) is 0 Å². The fourth-order valence-electron chi connectivity index (χ4n) is 2.89. The van der Waals surface area contributed by atoms with E-state index in [0.717, 1.165) is 23.4 Å². The summed E-state index contributed by atoms with van der Waals surface area (Å²) in [5, 5.41) is 5.60. The van der Waals surface area contributed by atoms with Crippen molar-refractivity contribution in [3.63, 3.8) is 0 Å². The highest BCUT2D eigenvalue weighted by molar-refractivity contribution is 5.88. The summed E-state index contributed by atoms with van der Waals surface area (Å²) in [7, 11) is 1.65. The number of hydrogen-bond donors (Lipinski definition) is 2. The Morgan fingerprint density at radius 1 is 1.48 bits per heavy atom. The van der Waals surface area contributed by atoms with Crippen LogP contribution in [0.1, 0.15) is 24.5 Å². The molecule has 0 aliphatic carbocycles. The standard InChI is InChI=1S/C17H25N3O3/c1-4-18-16(21)10-14-17(22)19-7-8-20(14)11-13-5-6-15(23-3)12(2)9-13/h5-6,9,14H,4,7-8,10-11H2,1-3H3,(H,18,21)(H,19,22). The van der Waals surface area contributed by atoms with Crippen molar-refractivity contribution in [3.8, 4) is 5.75 Å². The number of nitrogens with zero attached hydrogens (tertiary/aromatic N) is 1. The minimum absolute atomic E-state index is 0.0762. The van der Waals surface area contributed by atoms with Gasteiger partial charge in [0.1, 0.15) is 5.75 Å². The van der Waals surface area contributed by atoms with E-state index >= 15 is 0 Å². The number of nitrogens with one attached hydrogen (secondary N) is 2. The summed E-state index contributed by atoms with van der Waals surface area (Å²) in [6.07, 6.45) is 0.189. The third kappa shape index (κ3) is 4.45. The Morgan fingerprint density at radius 3 is 2.91 bits per heavy atom. The molecular formula is C17H25N3O3. The van der Waals surface area contributed by atoms with Crippen molar-refractivity contribution in [3.05, 3.63) is 29.3 Å². The first-order valence-electron chi connectivity index (χ1n) is 7.97. The average Bonchev–Trinajstić information content (AvgIpc) is 2.51. The number of carbonyl (C=O) groups is 2. The maximum Gasteiger partial charge on any atom is 0.237 e. The second-order valence-electron chi connectivity index (χ2n) is 5.74. The number of piperazine rings is 1. The third-order valence-electron chi connectivity index (χ3n) is 4.04. The van der Waals surface area contributed by atoms with Crippen molar-refractivity contribution in [2.75, 3.05) is 26.7 Å². The molecule has 1 heterocycles. The van der Waals surface area contributed by atoms with E-state index in [1.807, 2.05) is 26.0 Å². The summed E-state index contributed by atoms with van der Waals surface area (Å²) in [5.41, 5.74) is 2.17. The Hall–Kier alpha value is -2.08. The molecule has 1 unspecified atom stereocenters. The van der Waals surface area contributed by atoms with Crippen LogP contribution in [0.25, 0.3) is 0 Å². The minimum atomic E-state index is -0.419. The molecule has 0 spiro atoms. The summed E-state index contributed by atoms with van der Waals surface area (Å²) in [6, 6.07) is 5.58. The van der Waals surface area contributed by atoms with Crippen LogP contribution in [0, 0.1) is 6.92 Å². The van der Waals surface area contributed by atoms with E-state index in [-0.39, 0.29) is 18.2 Å². The van der Waals surface area contributed by atoms with Crippen LogP contribution in [0.5, 0.6) is 5.75 Å². The molecule has 126 valence electrons. The monoisotopic (exact) mass is 319 g/mol. The number of benzene rings is 1. The van der Waals surface area contributed by atoms with Crippen LogP contribution >= 0.6 is 0 Å². The van der Waals surface area contributed by atoms with Crippen LogP contribution in [0.15, 0.2) is 18.2 Å².